The molecule has 2 amide bonds. The Labute approximate surface area is 137 Å². The highest BCUT2D eigenvalue weighted by atomic mass is 16.2. The maximum absolute atomic E-state index is 12.1. The molecule has 0 fully saturated rings. The van der Waals surface area contributed by atoms with Crippen molar-refractivity contribution in [3.63, 3.8) is 0 Å². The molecule has 0 aliphatic heterocycles. The van der Waals surface area contributed by atoms with Gasteiger partial charge in [-0.15, -0.1) is 0 Å². The van der Waals surface area contributed by atoms with E-state index in [4.69, 9.17) is 0 Å². The van der Waals surface area contributed by atoms with Crippen LogP contribution in [-0.4, -0.2) is 18.4 Å². The Morgan fingerprint density at radius 1 is 1.00 bits per heavy atom. The summed E-state index contributed by atoms with van der Waals surface area (Å²) < 4.78 is 0. The maximum Gasteiger partial charge on any atom is 0.226 e. The normalized spacial score (nSPS) is 10.2. The van der Waals surface area contributed by atoms with Crippen molar-refractivity contribution < 1.29 is 9.59 Å². The third-order valence-electron chi connectivity index (χ3n) is 3.52. The third kappa shape index (κ3) is 4.95. The number of anilines is 2. The van der Waals surface area contributed by atoms with Gasteiger partial charge in [-0.1, -0.05) is 24.3 Å². The number of hydrogen-bond acceptors (Lipinski definition) is 2. The highest BCUT2D eigenvalue weighted by Gasteiger charge is 2.13. The second-order valence-electron chi connectivity index (χ2n) is 5.68. The van der Waals surface area contributed by atoms with Crippen LogP contribution in [0.5, 0.6) is 0 Å². The van der Waals surface area contributed by atoms with Crippen molar-refractivity contribution in [2.75, 3.05) is 16.8 Å². The monoisotopic (exact) mass is 310 g/mol. The molecule has 0 aliphatic rings. The van der Waals surface area contributed by atoms with E-state index in [0.717, 1.165) is 22.5 Å². The largest absolute Gasteiger partial charge is 0.326 e. The number of carbonyl (C=O) groups is 2. The zero-order valence-corrected chi connectivity index (χ0v) is 13.8. The molecule has 0 aromatic heterocycles. The Morgan fingerprint density at radius 2 is 1.61 bits per heavy atom. The molecule has 0 heterocycles. The van der Waals surface area contributed by atoms with Crippen LogP contribution in [0.25, 0.3) is 0 Å². The second kappa shape index (κ2) is 7.58. The Kier molecular flexibility index (Phi) is 5.52. The molecule has 120 valence electrons. The Hall–Kier alpha value is -2.62. The van der Waals surface area contributed by atoms with E-state index in [1.165, 1.54) is 6.92 Å². The molecule has 0 bridgehead atoms. The molecular weight excluding hydrogens is 288 g/mol. The lowest BCUT2D eigenvalue weighted by molar-refractivity contribution is -0.117. The van der Waals surface area contributed by atoms with Crippen LogP contribution in [0, 0.1) is 13.8 Å². The number of carbonyl (C=O) groups excluding carboxylic acids is 2. The molecule has 1 N–H and O–H groups in total. The number of nitrogens with one attached hydrogen (secondary N) is 1. The fraction of sp³-hybridized carbons (Fsp3) is 0.263. The number of nitrogens with zero attached hydrogens (tertiary/aromatic N) is 1. The average molecular weight is 310 g/mol. The van der Waals surface area contributed by atoms with Crippen molar-refractivity contribution in [3.8, 4) is 0 Å². The van der Waals surface area contributed by atoms with E-state index in [9.17, 15) is 9.59 Å². The molecular formula is C19H22N2O2. The van der Waals surface area contributed by atoms with Gasteiger partial charge in [0.05, 0.1) is 0 Å². The summed E-state index contributed by atoms with van der Waals surface area (Å²) in [6.45, 7) is 5.86. The summed E-state index contributed by atoms with van der Waals surface area (Å²) in [4.78, 5) is 25.6. The Bertz CT molecular complexity index is 676. The van der Waals surface area contributed by atoms with E-state index in [0.29, 0.717) is 6.54 Å². The summed E-state index contributed by atoms with van der Waals surface area (Å²) in [6, 6.07) is 15.3. The van der Waals surface area contributed by atoms with Gasteiger partial charge in [0.25, 0.3) is 0 Å². The predicted octanol–water partition coefficient (Wildman–Crippen LogP) is 3.69. The van der Waals surface area contributed by atoms with Gasteiger partial charge in [0, 0.05) is 31.3 Å². The number of amides is 2. The third-order valence-corrected chi connectivity index (χ3v) is 3.52. The number of benzene rings is 2. The van der Waals surface area contributed by atoms with E-state index < -0.39 is 0 Å². The molecule has 0 saturated carbocycles. The van der Waals surface area contributed by atoms with E-state index in [2.05, 4.69) is 11.4 Å². The van der Waals surface area contributed by atoms with Gasteiger partial charge in [-0.25, -0.2) is 0 Å². The summed E-state index contributed by atoms with van der Waals surface area (Å²) in [5.74, 6) is -0.174. The van der Waals surface area contributed by atoms with Crippen molar-refractivity contribution in [2.24, 2.45) is 0 Å². The first kappa shape index (κ1) is 16.7. The van der Waals surface area contributed by atoms with Crippen LogP contribution in [0.15, 0.2) is 48.5 Å². The molecule has 0 saturated heterocycles. The lowest BCUT2D eigenvalue weighted by Crippen LogP contribution is -2.31. The van der Waals surface area contributed by atoms with Crippen LogP contribution < -0.4 is 10.2 Å². The van der Waals surface area contributed by atoms with Gasteiger partial charge in [0.1, 0.15) is 0 Å². The quantitative estimate of drug-likeness (QED) is 0.915. The van der Waals surface area contributed by atoms with Crippen molar-refractivity contribution >= 4 is 23.2 Å². The predicted molar refractivity (Wildman–Crippen MR) is 93.6 cm³/mol. The van der Waals surface area contributed by atoms with Crippen molar-refractivity contribution in [1.82, 2.24) is 0 Å². The van der Waals surface area contributed by atoms with Gasteiger partial charge >= 0.3 is 0 Å². The standard InChI is InChI=1S/C19H22N2O2/c1-14-11-15(2)13-17(12-14)20-19(23)9-10-21(16(3)22)18-7-5-4-6-8-18/h4-8,11-13H,9-10H2,1-3H3,(H,20,23). The summed E-state index contributed by atoms with van der Waals surface area (Å²) in [6.07, 6.45) is 0.251. The van der Waals surface area contributed by atoms with Crippen LogP contribution in [-0.2, 0) is 9.59 Å². The molecule has 0 atom stereocenters. The smallest absolute Gasteiger partial charge is 0.226 e. The fourth-order valence-electron chi connectivity index (χ4n) is 2.56. The molecule has 0 unspecified atom stereocenters. The van der Waals surface area contributed by atoms with Crippen LogP contribution in [0.2, 0.25) is 0 Å². The van der Waals surface area contributed by atoms with Crippen LogP contribution in [0.4, 0.5) is 11.4 Å². The zero-order chi connectivity index (χ0) is 16.8. The van der Waals surface area contributed by atoms with E-state index in [1.54, 1.807) is 4.90 Å². The topological polar surface area (TPSA) is 49.4 Å². The van der Waals surface area contributed by atoms with Gasteiger partial charge in [-0.3, -0.25) is 9.59 Å². The second-order valence-corrected chi connectivity index (χ2v) is 5.68. The number of rotatable bonds is 5. The lowest BCUT2D eigenvalue weighted by Gasteiger charge is -2.21. The van der Waals surface area contributed by atoms with E-state index in [-0.39, 0.29) is 18.2 Å². The highest BCUT2D eigenvalue weighted by molar-refractivity contribution is 5.94. The molecule has 4 heteroatoms. The van der Waals surface area contributed by atoms with E-state index >= 15 is 0 Å². The van der Waals surface area contributed by atoms with Gasteiger partial charge in [0.2, 0.25) is 11.8 Å². The van der Waals surface area contributed by atoms with Crippen LogP contribution >= 0.6 is 0 Å². The molecule has 2 aromatic rings. The minimum absolute atomic E-state index is 0.0737. The van der Waals surface area contributed by atoms with Gasteiger partial charge in [0.15, 0.2) is 0 Å². The minimum Gasteiger partial charge on any atom is -0.326 e. The Balaban J connectivity index is 1.98. The van der Waals surface area contributed by atoms with Gasteiger partial charge in [-0.2, -0.15) is 0 Å². The molecule has 0 spiro atoms. The van der Waals surface area contributed by atoms with Crippen molar-refractivity contribution in [1.29, 1.82) is 0 Å². The van der Waals surface area contributed by atoms with Crippen molar-refractivity contribution in [3.05, 3.63) is 59.7 Å². The number of aryl methyl sites for hydroxylation is 2. The molecule has 2 aromatic carbocycles. The molecule has 23 heavy (non-hydrogen) atoms. The molecule has 4 nitrogen and oxygen atoms in total. The average Bonchev–Trinajstić information content (AvgIpc) is 2.47. The minimum atomic E-state index is -0.0998. The number of para-hydroxylation sites is 1. The van der Waals surface area contributed by atoms with Gasteiger partial charge in [-0.05, 0) is 49.2 Å². The van der Waals surface area contributed by atoms with Crippen molar-refractivity contribution in [2.45, 2.75) is 27.2 Å². The fourth-order valence-corrected chi connectivity index (χ4v) is 2.56. The molecule has 0 aliphatic carbocycles. The van der Waals surface area contributed by atoms with Gasteiger partial charge < -0.3 is 10.2 Å². The number of hydrogen-bond donors (Lipinski definition) is 1. The molecule has 0 radical (unpaired) electrons. The first-order chi connectivity index (χ1) is 11.0. The van der Waals surface area contributed by atoms with Crippen LogP contribution in [0.3, 0.4) is 0 Å². The summed E-state index contributed by atoms with van der Waals surface area (Å²) >= 11 is 0. The summed E-state index contributed by atoms with van der Waals surface area (Å²) in [7, 11) is 0. The first-order valence-electron chi connectivity index (χ1n) is 7.67. The molecule has 2 rings (SSSR count). The SMILES string of the molecule is CC(=O)N(CCC(=O)Nc1cc(C)cc(C)c1)c1ccccc1. The van der Waals surface area contributed by atoms with Crippen LogP contribution in [0.1, 0.15) is 24.5 Å². The maximum atomic E-state index is 12.1. The van der Waals surface area contributed by atoms with E-state index in [1.807, 2.05) is 56.3 Å². The lowest BCUT2D eigenvalue weighted by atomic mass is 10.1. The first-order valence-corrected chi connectivity index (χ1v) is 7.67. The highest BCUT2D eigenvalue weighted by Crippen LogP contribution is 2.16. The summed E-state index contributed by atoms with van der Waals surface area (Å²) in [5, 5.41) is 2.89. The Morgan fingerprint density at radius 3 is 2.17 bits per heavy atom. The zero-order valence-electron chi connectivity index (χ0n) is 13.8. The summed E-state index contributed by atoms with van der Waals surface area (Å²) in [5.41, 5.74) is 3.81.